The van der Waals surface area contributed by atoms with Gasteiger partial charge in [-0.2, -0.15) is 0 Å². The van der Waals surface area contributed by atoms with E-state index in [9.17, 15) is 0 Å². The third-order valence-corrected chi connectivity index (χ3v) is 3.95. The Morgan fingerprint density at radius 3 is 2.82 bits per heavy atom. The lowest BCUT2D eigenvalue weighted by atomic mass is 9.92. The normalized spacial score (nSPS) is 26.2. The van der Waals surface area contributed by atoms with Gasteiger partial charge in [0.1, 0.15) is 0 Å². The molecule has 1 aliphatic heterocycles. The van der Waals surface area contributed by atoms with Gasteiger partial charge in [0.25, 0.3) is 0 Å². The zero-order valence-electron chi connectivity index (χ0n) is 10.8. The van der Waals surface area contributed by atoms with Crippen molar-refractivity contribution in [2.45, 2.75) is 51.7 Å². The van der Waals surface area contributed by atoms with Gasteiger partial charge in [0.15, 0.2) is 0 Å². The Hall–Kier alpha value is -1.02. The highest BCUT2D eigenvalue weighted by molar-refractivity contribution is 5.59. The molecule has 3 rings (SSSR count). The summed E-state index contributed by atoms with van der Waals surface area (Å²) in [6, 6.07) is 5.26. The fraction of sp³-hybridized carbons (Fsp3) is 0.600. The Balaban J connectivity index is 2.01. The van der Waals surface area contributed by atoms with E-state index in [0.29, 0.717) is 6.04 Å². The van der Waals surface area contributed by atoms with Crippen molar-refractivity contribution in [3.05, 3.63) is 28.8 Å². The first-order valence-electron chi connectivity index (χ1n) is 6.81. The van der Waals surface area contributed by atoms with Gasteiger partial charge in [0.05, 0.1) is 6.10 Å². The molecule has 1 aliphatic carbocycles. The maximum absolute atomic E-state index is 5.90. The third kappa shape index (κ3) is 1.95. The molecule has 0 radical (unpaired) electrons. The lowest BCUT2D eigenvalue weighted by Gasteiger charge is -2.32. The highest BCUT2D eigenvalue weighted by Crippen LogP contribution is 2.38. The van der Waals surface area contributed by atoms with E-state index in [1.165, 1.54) is 30.5 Å². The Morgan fingerprint density at radius 1 is 1.29 bits per heavy atom. The van der Waals surface area contributed by atoms with Gasteiger partial charge < -0.3 is 10.1 Å². The average molecular weight is 231 g/mol. The fourth-order valence-corrected chi connectivity index (χ4v) is 3.17. The molecule has 1 N–H and O–H groups in total. The van der Waals surface area contributed by atoms with Gasteiger partial charge in [-0.3, -0.25) is 0 Å². The van der Waals surface area contributed by atoms with Crippen molar-refractivity contribution in [1.29, 1.82) is 0 Å². The summed E-state index contributed by atoms with van der Waals surface area (Å²) in [6.07, 6.45) is 5.18. The van der Waals surface area contributed by atoms with E-state index in [0.717, 1.165) is 13.0 Å². The van der Waals surface area contributed by atoms with E-state index in [1.54, 1.807) is 11.1 Å². The van der Waals surface area contributed by atoms with Crippen molar-refractivity contribution in [2.75, 3.05) is 11.9 Å². The largest absolute Gasteiger partial charge is 0.382 e. The first kappa shape index (κ1) is 11.1. The Bertz CT molecular complexity index is 427. The molecule has 17 heavy (non-hydrogen) atoms. The molecule has 2 unspecified atom stereocenters. The van der Waals surface area contributed by atoms with Gasteiger partial charge in [-0.25, -0.2) is 0 Å². The van der Waals surface area contributed by atoms with Crippen LogP contribution in [0.4, 0.5) is 5.69 Å². The van der Waals surface area contributed by atoms with Crippen molar-refractivity contribution in [1.82, 2.24) is 0 Å². The molecule has 2 heteroatoms. The van der Waals surface area contributed by atoms with Crippen LogP contribution in [0.1, 0.15) is 49.5 Å². The number of hydrogen-bond donors (Lipinski definition) is 1. The molecule has 0 amide bonds. The molecule has 1 aromatic rings. The van der Waals surface area contributed by atoms with Gasteiger partial charge in [-0.05, 0) is 56.7 Å². The van der Waals surface area contributed by atoms with Gasteiger partial charge in [0.2, 0.25) is 0 Å². The SMILES string of the molecule is CCOC1CC(C)Nc2cc3c(cc21)CCC3. The van der Waals surface area contributed by atoms with Crippen LogP contribution < -0.4 is 5.32 Å². The molecule has 0 fully saturated rings. The van der Waals surface area contributed by atoms with Crippen molar-refractivity contribution >= 4 is 5.69 Å². The first-order chi connectivity index (χ1) is 8.28. The summed E-state index contributed by atoms with van der Waals surface area (Å²) in [5.74, 6) is 0. The lowest BCUT2D eigenvalue weighted by Crippen LogP contribution is -2.27. The molecule has 0 saturated heterocycles. The number of nitrogens with one attached hydrogen (secondary N) is 1. The third-order valence-electron chi connectivity index (χ3n) is 3.95. The van der Waals surface area contributed by atoms with Crippen LogP contribution in [0, 0.1) is 0 Å². The number of ether oxygens (including phenoxy) is 1. The number of fused-ring (bicyclic) bond motifs is 2. The van der Waals surface area contributed by atoms with E-state index in [1.807, 2.05) is 0 Å². The number of anilines is 1. The van der Waals surface area contributed by atoms with Gasteiger partial charge in [0, 0.05) is 23.9 Å². The predicted molar refractivity (Wildman–Crippen MR) is 70.5 cm³/mol. The Kier molecular flexibility index (Phi) is 2.83. The maximum Gasteiger partial charge on any atom is 0.0864 e. The molecule has 0 bridgehead atoms. The van der Waals surface area contributed by atoms with E-state index in [2.05, 4.69) is 31.3 Å². The topological polar surface area (TPSA) is 21.3 Å². The highest BCUT2D eigenvalue weighted by Gasteiger charge is 2.26. The summed E-state index contributed by atoms with van der Waals surface area (Å²) in [5.41, 5.74) is 5.78. The zero-order valence-corrected chi connectivity index (χ0v) is 10.8. The van der Waals surface area contributed by atoms with Crippen LogP contribution in [-0.2, 0) is 17.6 Å². The molecular weight excluding hydrogens is 210 g/mol. The Labute approximate surface area is 103 Å². The predicted octanol–water partition coefficient (Wildman–Crippen LogP) is 3.46. The minimum atomic E-state index is 0.289. The van der Waals surface area contributed by atoms with Gasteiger partial charge >= 0.3 is 0 Å². The smallest absolute Gasteiger partial charge is 0.0864 e. The second kappa shape index (κ2) is 4.34. The van der Waals surface area contributed by atoms with Crippen LogP contribution in [0.25, 0.3) is 0 Å². The van der Waals surface area contributed by atoms with Gasteiger partial charge in [-0.1, -0.05) is 6.07 Å². The maximum atomic E-state index is 5.90. The second-order valence-corrected chi connectivity index (χ2v) is 5.29. The molecule has 2 atom stereocenters. The number of hydrogen-bond acceptors (Lipinski definition) is 2. The van der Waals surface area contributed by atoms with Crippen LogP contribution in [0.5, 0.6) is 0 Å². The minimum Gasteiger partial charge on any atom is -0.382 e. The number of aryl methyl sites for hydroxylation is 2. The molecule has 2 aliphatic rings. The second-order valence-electron chi connectivity index (χ2n) is 5.29. The van der Waals surface area contributed by atoms with Crippen LogP contribution in [0.15, 0.2) is 12.1 Å². The summed E-state index contributed by atoms with van der Waals surface area (Å²) in [6.45, 7) is 5.12. The number of rotatable bonds is 2. The van der Waals surface area contributed by atoms with Crippen molar-refractivity contribution in [3.8, 4) is 0 Å². The van der Waals surface area contributed by atoms with Crippen LogP contribution in [0.3, 0.4) is 0 Å². The summed E-state index contributed by atoms with van der Waals surface area (Å²) in [7, 11) is 0. The highest BCUT2D eigenvalue weighted by atomic mass is 16.5. The summed E-state index contributed by atoms with van der Waals surface area (Å²) in [5, 5.41) is 3.60. The zero-order chi connectivity index (χ0) is 11.8. The molecule has 92 valence electrons. The molecule has 0 spiro atoms. The van der Waals surface area contributed by atoms with Crippen molar-refractivity contribution < 1.29 is 4.74 Å². The Morgan fingerprint density at radius 2 is 2.06 bits per heavy atom. The first-order valence-corrected chi connectivity index (χ1v) is 6.81. The van der Waals surface area contributed by atoms with E-state index in [-0.39, 0.29) is 6.10 Å². The summed E-state index contributed by atoms with van der Waals surface area (Å²) >= 11 is 0. The van der Waals surface area contributed by atoms with E-state index in [4.69, 9.17) is 4.74 Å². The van der Waals surface area contributed by atoms with E-state index < -0.39 is 0 Å². The molecule has 0 aromatic heterocycles. The minimum absolute atomic E-state index is 0.289. The summed E-state index contributed by atoms with van der Waals surface area (Å²) in [4.78, 5) is 0. The van der Waals surface area contributed by atoms with Crippen molar-refractivity contribution in [2.24, 2.45) is 0 Å². The van der Waals surface area contributed by atoms with Gasteiger partial charge in [-0.15, -0.1) is 0 Å². The molecule has 1 heterocycles. The standard InChI is InChI=1S/C15H21NO/c1-3-17-15-7-10(2)16-14-9-12-6-4-5-11(12)8-13(14)15/h8-10,15-16H,3-7H2,1-2H3. The lowest BCUT2D eigenvalue weighted by molar-refractivity contribution is 0.0511. The molecular formula is C15H21NO. The number of benzene rings is 1. The monoisotopic (exact) mass is 231 g/mol. The summed E-state index contributed by atoms with van der Waals surface area (Å²) < 4.78 is 5.90. The van der Waals surface area contributed by atoms with Crippen LogP contribution in [0.2, 0.25) is 0 Å². The molecule has 0 saturated carbocycles. The van der Waals surface area contributed by atoms with Crippen LogP contribution >= 0.6 is 0 Å². The van der Waals surface area contributed by atoms with E-state index >= 15 is 0 Å². The fourth-order valence-electron chi connectivity index (χ4n) is 3.17. The molecule has 2 nitrogen and oxygen atoms in total. The van der Waals surface area contributed by atoms with Crippen molar-refractivity contribution in [3.63, 3.8) is 0 Å². The van der Waals surface area contributed by atoms with Crippen LogP contribution in [-0.4, -0.2) is 12.6 Å². The average Bonchev–Trinajstić information content (AvgIpc) is 2.73. The molecule has 1 aromatic carbocycles. The quantitative estimate of drug-likeness (QED) is 0.841.